The maximum atomic E-state index is 13.2. The number of likely N-dealkylation sites (N-methyl/N-ethyl adjacent to an activating group) is 1. The lowest BCUT2D eigenvalue weighted by Gasteiger charge is -2.19. The van der Waals surface area contributed by atoms with Gasteiger partial charge in [-0.05, 0) is 24.2 Å². The summed E-state index contributed by atoms with van der Waals surface area (Å²) < 4.78 is 18.3. The van der Waals surface area contributed by atoms with Crippen LogP contribution >= 0.6 is 11.6 Å². The highest BCUT2D eigenvalue weighted by molar-refractivity contribution is 6.31. The van der Waals surface area contributed by atoms with Crippen molar-refractivity contribution in [2.24, 2.45) is 0 Å². The van der Waals surface area contributed by atoms with E-state index in [9.17, 15) is 4.39 Å². The third-order valence-electron chi connectivity index (χ3n) is 3.11. The van der Waals surface area contributed by atoms with Crippen molar-refractivity contribution in [1.29, 1.82) is 0 Å². The van der Waals surface area contributed by atoms with Crippen LogP contribution in [0.1, 0.15) is 24.2 Å². The Kier molecular flexibility index (Phi) is 5.47. The first-order valence-electron chi connectivity index (χ1n) is 6.67. The Labute approximate surface area is 128 Å². The maximum Gasteiger partial charge on any atom is 0.216 e. The van der Waals surface area contributed by atoms with Crippen molar-refractivity contribution < 1.29 is 9.13 Å². The number of hydrogen-bond donors (Lipinski definition) is 1. The number of methoxy groups -OCH3 is 1. The quantitative estimate of drug-likeness (QED) is 0.890. The molecule has 2 aromatic rings. The van der Waals surface area contributed by atoms with Crippen LogP contribution in [0.3, 0.4) is 0 Å². The molecule has 1 N–H and O–H groups in total. The van der Waals surface area contributed by atoms with Crippen LogP contribution in [0.5, 0.6) is 5.88 Å². The second kappa shape index (κ2) is 7.33. The van der Waals surface area contributed by atoms with E-state index >= 15 is 0 Å². The maximum absolute atomic E-state index is 13.2. The van der Waals surface area contributed by atoms with E-state index in [-0.39, 0.29) is 11.9 Å². The van der Waals surface area contributed by atoms with Crippen LogP contribution in [-0.2, 0) is 6.42 Å². The smallest absolute Gasteiger partial charge is 0.216 e. The summed E-state index contributed by atoms with van der Waals surface area (Å²) in [5.41, 5.74) is 1.67. The summed E-state index contributed by atoms with van der Waals surface area (Å²) in [7, 11) is 1.56. The molecule has 1 aromatic carbocycles. The Balaban J connectivity index is 2.26. The Morgan fingerprint density at radius 3 is 2.81 bits per heavy atom. The average Bonchev–Trinajstić information content (AvgIpc) is 2.47. The number of halogens is 2. The van der Waals surface area contributed by atoms with Crippen LogP contribution in [0.2, 0.25) is 5.02 Å². The van der Waals surface area contributed by atoms with E-state index in [1.54, 1.807) is 19.2 Å². The van der Waals surface area contributed by atoms with Gasteiger partial charge in [-0.25, -0.2) is 14.4 Å². The summed E-state index contributed by atoms with van der Waals surface area (Å²) >= 11 is 6.15. The number of aromatic nitrogens is 2. The van der Waals surface area contributed by atoms with Crippen molar-refractivity contribution in [3.8, 4) is 5.88 Å². The van der Waals surface area contributed by atoms with E-state index in [1.807, 2.05) is 6.92 Å². The minimum absolute atomic E-state index is 0.0530. The standard InChI is InChI=1S/C15H17ClFN3O/c1-3-18-14(12-5-4-10(17)6-13(12)16)7-11-8-15(21-2)20-9-19-11/h4-6,8-9,14,18H,3,7H2,1-2H3. The van der Waals surface area contributed by atoms with Crippen LogP contribution in [0.25, 0.3) is 0 Å². The van der Waals surface area contributed by atoms with Gasteiger partial charge < -0.3 is 10.1 Å². The van der Waals surface area contributed by atoms with Gasteiger partial charge in [0, 0.05) is 29.2 Å². The molecule has 0 saturated carbocycles. The highest BCUT2D eigenvalue weighted by atomic mass is 35.5. The van der Waals surface area contributed by atoms with Crippen LogP contribution < -0.4 is 10.1 Å². The number of ether oxygens (including phenoxy) is 1. The number of hydrogen-bond acceptors (Lipinski definition) is 4. The molecule has 0 bridgehead atoms. The molecule has 4 nitrogen and oxygen atoms in total. The van der Waals surface area contributed by atoms with Crippen molar-refractivity contribution in [3.63, 3.8) is 0 Å². The summed E-state index contributed by atoms with van der Waals surface area (Å²) in [5.74, 6) is 0.170. The van der Waals surface area contributed by atoms with Gasteiger partial charge >= 0.3 is 0 Å². The minimum Gasteiger partial charge on any atom is -0.481 e. The third-order valence-corrected chi connectivity index (χ3v) is 3.44. The zero-order chi connectivity index (χ0) is 15.2. The van der Waals surface area contributed by atoms with E-state index in [0.29, 0.717) is 17.3 Å². The summed E-state index contributed by atoms with van der Waals surface area (Å²) in [6.45, 7) is 2.77. The molecule has 0 spiro atoms. The molecule has 0 aliphatic heterocycles. The van der Waals surface area contributed by atoms with Gasteiger partial charge in [0.1, 0.15) is 12.1 Å². The molecule has 1 atom stereocenters. The van der Waals surface area contributed by atoms with Crippen LogP contribution in [0.15, 0.2) is 30.6 Å². The molecule has 0 radical (unpaired) electrons. The van der Waals surface area contributed by atoms with Crippen molar-refractivity contribution in [3.05, 3.63) is 52.7 Å². The topological polar surface area (TPSA) is 47.0 Å². The Bertz CT molecular complexity index is 609. The van der Waals surface area contributed by atoms with Gasteiger partial charge in [-0.1, -0.05) is 24.6 Å². The van der Waals surface area contributed by atoms with Gasteiger partial charge in [-0.2, -0.15) is 0 Å². The van der Waals surface area contributed by atoms with Crippen molar-refractivity contribution in [2.75, 3.05) is 13.7 Å². The molecule has 112 valence electrons. The second-order valence-electron chi connectivity index (χ2n) is 4.53. The molecule has 0 fully saturated rings. The monoisotopic (exact) mass is 309 g/mol. The van der Waals surface area contributed by atoms with Crippen LogP contribution in [-0.4, -0.2) is 23.6 Å². The van der Waals surface area contributed by atoms with E-state index < -0.39 is 0 Å². The molecule has 0 saturated heterocycles. The average molecular weight is 310 g/mol. The fourth-order valence-corrected chi connectivity index (χ4v) is 2.43. The normalized spacial score (nSPS) is 12.2. The lowest BCUT2D eigenvalue weighted by Crippen LogP contribution is -2.23. The molecule has 0 aliphatic rings. The first-order valence-corrected chi connectivity index (χ1v) is 7.05. The van der Waals surface area contributed by atoms with E-state index in [2.05, 4.69) is 15.3 Å². The first kappa shape index (κ1) is 15.7. The van der Waals surface area contributed by atoms with Crippen molar-refractivity contribution in [1.82, 2.24) is 15.3 Å². The summed E-state index contributed by atoms with van der Waals surface area (Å²) in [4.78, 5) is 8.22. The molecule has 0 amide bonds. The molecule has 1 aromatic heterocycles. The fourth-order valence-electron chi connectivity index (χ4n) is 2.13. The number of nitrogens with zero attached hydrogens (tertiary/aromatic N) is 2. The van der Waals surface area contributed by atoms with Crippen molar-refractivity contribution in [2.45, 2.75) is 19.4 Å². The highest BCUT2D eigenvalue weighted by Crippen LogP contribution is 2.26. The number of benzene rings is 1. The minimum atomic E-state index is -0.345. The molecular formula is C15H17ClFN3O. The van der Waals surface area contributed by atoms with E-state index in [0.717, 1.165) is 17.8 Å². The molecule has 2 rings (SSSR count). The Hall–Kier alpha value is -1.72. The highest BCUT2D eigenvalue weighted by Gasteiger charge is 2.16. The van der Waals surface area contributed by atoms with Gasteiger partial charge in [-0.15, -0.1) is 0 Å². The lowest BCUT2D eigenvalue weighted by atomic mass is 10.0. The molecular weight excluding hydrogens is 293 g/mol. The van der Waals surface area contributed by atoms with Crippen LogP contribution in [0, 0.1) is 5.82 Å². The summed E-state index contributed by atoms with van der Waals surface area (Å²) in [6.07, 6.45) is 2.07. The zero-order valence-electron chi connectivity index (χ0n) is 11.9. The fraction of sp³-hybridized carbons (Fsp3) is 0.333. The van der Waals surface area contributed by atoms with Gasteiger partial charge in [0.25, 0.3) is 0 Å². The molecule has 1 unspecified atom stereocenters. The largest absolute Gasteiger partial charge is 0.481 e. The lowest BCUT2D eigenvalue weighted by molar-refractivity contribution is 0.395. The Morgan fingerprint density at radius 1 is 1.33 bits per heavy atom. The van der Waals surface area contributed by atoms with E-state index in [4.69, 9.17) is 16.3 Å². The predicted octanol–water partition coefficient (Wildman–Crippen LogP) is 3.17. The zero-order valence-corrected chi connectivity index (χ0v) is 12.7. The van der Waals surface area contributed by atoms with Crippen molar-refractivity contribution >= 4 is 11.6 Å². The third kappa shape index (κ3) is 4.12. The second-order valence-corrected chi connectivity index (χ2v) is 4.94. The predicted molar refractivity (Wildman–Crippen MR) is 80.1 cm³/mol. The summed E-state index contributed by atoms with van der Waals surface area (Å²) in [6, 6.07) is 6.15. The van der Waals surface area contributed by atoms with Gasteiger partial charge in [0.2, 0.25) is 5.88 Å². The molecule has 21 heavy (non-hydrogen) atoms. The summed E-state index contributed by atoms with van der Waals surface area (Å²) in [5, 5.41) is 3.74. The number of rotatable bonds is 6. The molecule has 6 heteroatoms. The molecule has 1 heterocycles. The van der Waals surface area contributed by atoms with Gasteiger partial charge in [-0.3, -0.25) is 0 Å². The SMILES string of the molecule is CCNC(Cc1cc(OC)ncn1)c1ccc(F)cc1Cl. The number of nitrogens with one attached hydrogen (secondary N) is 1. The van der Waals surface area contributed by atoms with Gasteiger partial charge in [0.05, 0.1) is 7.11 Å². The first-order chi connectivity index (χ1) is 10.1. The Morgan fingerprint density at radius 2 is 2.14 bits per heavy atom. The van der Waals surface area contributed by atoms with Crippen LogP contribution in [0.4, 0.5) is 4.39 Å². The van der Waals surface area contributed by atoms with Gasteiger partial charge in [0.15, 0.2) is 0 Å². The van der Waals surface area contributed by atoms with E-state index in [1.165, 1.54) is 18.5 Å². The molecule has 0 aliphatic carbocycles.